The smallest absolute Gasteiger partial charge is 0.193 e. The molecule has 0 spiro atoms. The summed E-state index contributed by atoms with van der Waals surface area (Å²) in [6.07, 6.45) is 3.35. The molecule has 0 saturated carbocycles. The molecule has 1 aromatic rings. The van der Waals surface area contributed by atoms with Crippen molar-refractivity contribution in [2.75, 3.05) is 40.5 Å². The maximum Gasteiger partial charge on any atom is 0.193 e. The van der Waals surface area contributed by atoms with E-state index in [1.54, 1.807) is 7.05 Å². The van der Waals surface area contributed by atoms with Gasteiger partial charge in [-0.15, -0.1) is 0 Å². The molecule has 0 radical (unpaired) electrons. The number of halogens is 1. The number of rotatable bonds is 7. The molecule has 0 bridgehead atoms. The van der Waals surface area contributed by atoms with Crippen LogP contribution in [0.3, 0.4) is 0 Å². The van der Waals surface area contributed by atoms with Crippen molar-refractivity contribution in [1.29, 1.82) is 0 Å². The van der Waals surface area contributed by atoms with Crippen molar-refractivity contribution in [1.82, 2.24) is 10.2 Å². The Morgan fingerprint density at radius 2 is 2.21 bits per heavy atom. The number of aliphatic imine (C=N–C) groups is 1. The van der Waals surface area contributed by atoms with Crippen LogP contribution in [0.15, 0.2) is 29.3 Å². The van der Waals surface area contributed by atoms with E-state index in [1.807, 2.05) is 25.2 Å². The Balaban J connectivity index is 1.65. The average molecular weight is 354 g/mol. The van der Waals surface area contributed by atoms with Gasteiger partial charge in [-0.3, -0.25) is 4.99 Å². The molecule has 1 heterocycles. The summed E-state index contributed by atoms with van der Waals surface area (Å²) in [7, 11) is 3.82. The van der Waals surface area contributed by atoms with Gasteiger partial charge in [-0.2, -0.15) is 0 Å². The van der Waals surface area contributed by atoms with Gasteiger partial charge in [-0.1, -0.05) is 23.7 Å². The molecular formula is C18H28ClN3O2. The summed E-state index contributed by atoms with van der Waals surface area (Å²) in [4.78, 5) is 6.42. The van der Waals surface area contributed by atoms with Crippen LogP contribution in [0.1, 0.15) is 24.8 Å². The number of nitrogens with one attached hydrogen (secondary N) is 1. The molecule has 1 fully saturated rings. The number of hydrogen-bond acceptors (Lipinski definition) is 3. The number of benzene rings is 1. The minimum Gasteiger partial charge on any atom is -0.381 e. The predicted octanol–water partition coefficient (Wildman–Crippen LogP) is 2.93. The lowest BCUT2D eigenvalue weighted by Crippen LogP contribution is -2.39. The fourth-order valence-corrected chi connectivity index (χ4v) is 2.95. The van der Waals surface area contributed by atoms with E-state index < -0.39 is 0 Å². The van der Waals surface area contributed by atoms with Gasteiger partial charge < -0.3 is 19.7 Å². The van der Waals surface area contributed by atoms with Crippen LogP contribution in [0.2, 0.25) is 5.02 Å². The van der Waals surface area contributed by atoms with E-state index in [4.69, 9.17) is 21.1 Å². The summed E-state index contributed by atoms with van der Waals surface area (Å²) in [6.45, 7) is 4.02. The number of ether oxygens (including phenoxy) is 2. The molecule has 0 aliphatic carbocycles. The molecule has 1 saturated heterocycles. The van der Waals surface area contributed by atoms with Crippen LogP contribution >= 0.6 is 11.6 Å². The van der Waals surface area contributed by atoms with Gasteiger partial charge in [0.25, 0.3) is 0 Å². The zero-order valence-electron chi connectivity index (χ0n) is 14.6. The summed E-state index contributed by atoms with van der Waals surface area (Å²) in [5.74, 6) is 0.876. The zero-order valence-corrected chi connectivity index (χ0v) is 15.4. The normalized spacial score (nSPS) is 16.2. The van der Waals surface area contributed by atoms with E-state index in [9.17, 15) is 0 Å². The molecule has 1 aliphatic heterocycles. The molecule has 1 N–H and O–H groups in total. The third-order valence-corrected chi connectivity index (χ3v) is 4.24. The van der Waals surface area contributed by atoms with Crippen LogP contribution in [-0.2, 0) is 16.0 Å². The second-order valence-electron chi connectivity index (χ2n) is 6.00. The van der Waals surface area contributed by atoms with Gasteiger partial charge in [-0.25, -0.2) is 0 Å². The molecular weight excluding hydrogens is 326 g/mol. The fourth-order valence-electron chi connectivity index (χ4n) is 2.73. The first-order chi connectivity index (χ1) is 11.7. The first-order valence-electron chi connectivity index (χ1n) is 8.54. The highest BCUT2D eigenvalue weighted by Crippen LogP contribution is 2.12. The molecule has 2 rings (SSSR count). The summed E-state index contributed by atoms with van der Waals surface area (Å²) in [5, 5.41) is 4.14. The molecule has 134 valence electrons. The molecule has 1 aliphatic rings. The van der Waals surface area contributed by atoms with Crippen LogP contribution in [-0.4, -0.2) is 57.4 Å². The van der Waals surface area contributed by atoms with E-state index in [2.05, 4.69) is 21.3 Å². The third-order valence-electron chi connectivity index (χ3n) is 4.01. The van der Waals surface area contributed by atoms with E-state index >= 15 is 0 Å². The molecule has 0 atom stereocenters. The zero-order chi connectivity index (χ0) is 17.2. The van der Waals surface area contributed by atoms with Crippen molar-refractivity contribution in [3.8, 4) is 0 Å². The summed E-state index contributed by atoms with van der Waals surface area (Å²) in [6, 6.07) is 7.90. The van der Waals surface area contributed by atoms with Crippen LogP contribution in [0, 0.1) is 0 Å². The van der Waals surface area contributed by atoms with Crippen LogP contribution in [0.25, 0.3) is 0 Å². The minimum absolute atomic E-state index is 0.364. The Kier molecular flexibility index (Phi) is 8.36. The first kappa shape index (κ1) is 19.0. The number of nitrogens with zero attached hydrogens (tertiary/aromatic N) is 2. The molecule has 24 heavy (non-hydrogen) atoms. The van der Waals surface area contributed by atoms with Gasteiger partial charge in [0.2, 0.25) is 0 Å². The maximum absolute atomic E-state index is 6.04. The average Bonchev–Trinajstić information content (AvgIpc) is 2.59. The van der Waals surface area contributed by atoms with Gasteiger partial charge in [-0.05, 0) is 37.0 Å². The van der Waals surface area contributed by atoms with Crippen molar-refractivity contribution in [2.45, 2.75) is 31.9 Å². The Morgan fingerprint density at radius 1 is 1.42 bits per heavy atom. The van der Waals surface area contributed by atoms with E-state index in [0.29, 0.717) is 6.10 Å². The van der Waals surface area contributed by atoms with Gasteiger partial charge in [0, 0.05) is 52.0 Å². The predicted molar refractivity (Wildman–Crippen MR) is 98.7 cm³/mol. The third kappa shape index (κ3) is 6.67. The first-order valence-corrected chi connectivity index (χ1v) is 8.92. The summed E-state index contributed by atoms with van der Waals surface area (Å²) in [5.41, 5.74) is 1.16. The second-order valence-corrected chi connectivity index (χ2v) is 6.43. The van der Waals surface area contributed by atoms with Crippen LogP contribution < -0.4 is 5.32 Å². The summed E-state index contributed by atoms with van der Waals surface area (Å²) >= 11 is 6.04. The molecule has 5 nitrogen and oxygen atoms in total. The lowest BCUT2D eigenvalue weighted by Gasteiger charge is -2.24. The Labute approximate surface area is 150 Å². The highest BCUT2D eigenvalue weighted by Gasteiger charge is 2.13. The van der Waals surface area contributed by atoms with Crippen molar-refractivity contribution in [3.05, 3.63) is 34.9 Å². The quantitative estimate of drug-likeness (QED) is 0.465. The fraction of sp³-hybridized carbons (Fsp3) is 0.611. The van der Waals surface area contributed by atoms with Gasteiger partial charge in [0.1, 0.15) is 0 Å². The highest BCUT2D eigenvalue weighted by atomic mass is 35.5. The number of hydrogen-bond donors (Lipinski definition) is 1. The molecule has 0 unspecified atom stereocenters. The molecule has 6 heteroatoms. The van der Waals surface area contributed by atoms with Crippen molar-refractivity contribution >= 4 is 17.6 Å². The van der Waals surface area contributed by atoms with Gasteiger partial charge in [0.15, 0.2) is 5.96 Å². The minimum atomic E-state index is 0.364. The Morgan fingerprint density at radius 3 is 2.92 bits per heavy atom. The SMILES string of the molecule is CN=C(NCCCOC1CCOCC1)N(C)Cc1cccc(Cl)c1. The van der Waals surface area contributed by atoms with E-state index in [0.717, 1.165) is 68.7 Å². The van der Waals surface area contributed by atoms with E-state index in [-0.39, 0.29) is 0 Å². The summed E-state index contributed by atoms with van der Waals surface area (Å²) < 4.78 is 11.2. The van der Waals surface area contributed by atoms with Gasteiger partial charge in [0.05, 0.1) is 6.10 Å². The monoisotopic (exact) mass is 353 g/mol. The maximum atomic E-state index is 6.04. The topological polar surface area (TPSA) is 46.1 Å². The molecule has 1 aromatic carbocycles. The van der Waals surface area contributed by atoms with Crippen molar-refractivity contribution < 1.29 is 9.47 Å². The lowest BCUT2D eigenvalue weighted by molar-refractivity contribution is -0.0320. The molecule has 0 amide bonds. The number of guanidine groups is 1. The largest absolute Gasteiger partial charge is 0.381 e. The van der Waals surface area contributed by atoms with Crippen molar-refractivity contribution in [3.63, 3.8) is 0 Å². The highest BCUT2D eigenvalue weighted by molar-refractivity contribution is 6.30. The van der Waals surface area contributed by atoms with Gasteiger partial charge >= 0.3 is 0 Å². The Bertz CT molecular complexity index is 519. The van der Waals surface area contributed by atoms with E-state index in [1.165, 1.54) is 0 Å². The van der Waals surface area contributed by atoms with Crippen LogP contribution in [0.4, 0.5) is 0 Å². The Hall–Kier alpha value is -1.30. The van der Waals surface area contributed by atoms with Crippen LogP contribution in [0.5, 0.6) is 0 Å². The molecule has 0 aromatic heterocycles. The standard InChI is InChI=1S/C18H28ClN3O2/c1-20-18(22(2)14-15-5-3-6-16(19)13-15)21-9-4-10-24-17-7-11-23-12-8-17/h3,5-6,13,17H,4,7-12,14H2,1-2H3,(H,20,21). The lowest BCUT2D eigenvalue weighted by atomic mass is 10.1. The second kappa shape index (κ2) is 10.5. The van der Waals surface area contributed by atoms with Crippen molar-refractivity contribution in [2.24, 2.45) is 4.99 Å².